The molecular formula is C12H13BrClN3O3S. The van der Waals surface area contributed by atoms with Crippen molar-refractivity contribution in [2.24, 2.45) is 7.05 Å². The van der Waals surface area contributed by atoms with Crippen molar-refractivity contribution < 1.29 is 13.2 Å². The number of hydrogen-bond donors (Lipinski definition) is 0. The standard InChI is InChI=1S/C12H13BrClN3O3S/c1-7-4-9(13)5-10(21(14,18)19)12(7)20-6-11-16-15-8(2)17(11)3/h4-5H,6H2,1-3H3. The van der Waals surface area contributed by atoms with Crippen LogP contribution in [0.1, 0.15) is 17.2 Å². The van der Waals surface area contributed by atoms with Gasteiger partial charge < -0.3 is 9.30 Å². The molecule has 0 aliphatic carbocycles. The van der Waals surface area contributed by atoms with E-state index in [1.807, 2.05) is 14.0 Å². The topological polar surface area (TPSA) is 74.1 Å². The zero-order chi connectivity index (χ0) is 15.8. The molecule has 6 nitrogen and oxygen atoms in total. The first-order chi connectivity index (χ1) is 9.70. The Kier molecular flexibility index (Phi) is 4.60. The van der Waals surface area contributed by atoms with Crippen LogP contribution in [0.4, 0.5) is 0 Å². The van der Waals surface area contributed by atoms with Crippen molar-refractivity contribution in [3.8, 4) is 5.75 Å². The van der Waals surface area contributed by atoms with Gasteiger partial charge in [0, 0.05) is 22.2 Å². The summed E-state index contributed by atoms with van der Waals surface area (Å²) in [6.45, 7) is 3.66. The molecule has 0 unspecified atom stereocenters. The average Bonchev–Trinajstić information content (AvgIpc) is 2.67. The van der Waals surface area contributed by atoms with Crippen LogP contribution >= 0.6 is 26.6 Å². The van der Waals surface area contributed by atoms with Gasteiger partial charge in [0.05, 0.1) is 0 Å². The summed E-state index contributed by atoms with van der Waals surface area (Å²) >= 11 is 3.25. The van der Waals surface area contributed by atoms with Gasteiger partial charge in [-0.25, -0.2) is 8.42 Å². The fraction of sp³-hybridized carbons (Fsp3) is 0.333. The van der Waals surface area contributed by atoms with Crippen LogP contribution in [-0.4, -0.2) is 23.2 Å². The molecule has 0 bridgehead atoms. The first-order valence-electron chi connectivity index (χ1n) is 5.92. The molecule has 0 atom stereocenters. The number of nitrogens with zero attached hydrogens (tertiary/aromatic N) is 3. The monoisotopic (exact) mass is 393 g/mol. The number of hydrogen-bond acceptors (Lipinski definition) is 5. The van der Waals surface area contributed by atoms with Crippen LogP contribution in [0, 0.1) is 13.8 Å². The predicted octanol–water partition coefficient (Wildman–Crippen LogP) is 2.70. The second-order valence-corrected chi connectivity index (χ2v) is 7.95. The fourth-order valence-corrected chi connectivity index (χ4v) is 3.56. The minimum absolute atomic E-state index is 0.0741. The van der Waals surface area contributed by atoms with Crippen molar-refractivity contribution in [3.05, 3.63) is 33.8 Å². The van der Waals surface area contributed by atoms with Crippen LogP contribution in [0.25, 0.3) is 0 Å². The van der Waals surface area contributed by atoms with Crippen molar-refractivity contribution in [3.63, 3.8) is 0 Å². The molecule has 2 rings (SSSR count). The zero-order valence-corrected chi connectivity index (χ0v) is 14.8. The maximum atomic E-state index is 11.7. The molecule has 1 aromatic carbocycles. The first kappa shape index (κ1) is 16.3. The van der Waals surface area contributed by atoms with E-state index in [-0.39, 0.29) is 17.3 Å². The second-order valence-electron chi connectivity index (χ2n) is 4.50. The number of rotatable bonds is 4. The normalized spacial score (nSPS) is 11.7. The summed E-state index contributed by atoms with van der Waals surface area (Å²) in [6, 6.07) is 3.16. The molecule has 114 valence electrons. The van der Waals surface area contributed by atoms with E-state index in [4.69, 9.17) is 15.4 Å². The number of aromatic nitrogens is 3. The minimum atomic E-state index is -3.91. The lowest BCUT2D eigenvalue weighted by Gasteiger charge is -2.13. The Hall–Kier alpha value is -1.12. The Morgan fingerprint density at radius 3 is 2.52 bits per heavy atom. The highest BCUT2D eigenvalue weighted by atomic mass is 79.9. The van der Waals surface area contributed by atoms with E-state index in [0.717, 1.165) is 5.82 Å². The van der Waals surface area contributed by atoms with Gasteiger partial charge in [-0.2, -0.15) is 0 Å². The van der Waals surface area contributed by atoms with Crippen LogP contribution in [-0.2, 0) is 22.7 Å². The second kappa shape index (κ2) is 5.94. The van der Waals surface area contributed by atoms with Crippen molar-refractivity contribution in [1.82, 2.24) is 14.8 Å². The fourth-order valence-electron chi connectivity index (χ4n) is 1.78. The molecule has 0 fully saturated rings. The molecule has 1 aromatic heterocycles. The number of ether oxygens (including phenoxy) is 1. The van der Waals surface area contributed by atoms with Crippen LogP contribution in [0.2, 0.25) is 0 Å². The third-order valence-electron chi connectivity index (χ3n) is 3.00. The Labute approximate surface area is 135 Å². The summed E-state index contributed by atoms with van der Waals surface area (Å²) in [4.78, 5) is -0.0741. The van der Waals surface area contributed by atoms with Crippen LogP contribution in [0.3, 0.4) is 0 Å². The first-order valence-corrected chi connectivity index (χ1v) is 9.03. The Bertz CT molecular complexity index is 789. The van der Waals surface area contributed by atoms with E-state index < -0.39 is 9.05 Å². The van der Waals surface area contributed by atoms with E-state index >= 15 is 0 Å². The van der Waals surface area contributed by atoms with Gasteiger partial charge in [-0.3, -0.25) is 0 Å². The molecule has 0 spiro atoms. The SMILES string of the molecule is Cc1cc(Br)cc(S(=O)(=O)Cl)c1OCc1nnc(C)n1C. The van der Waals surface area contributed by atoms with Gasteiger partial charge in [-0.1, -0.05) is 15.9 Å². The highest BCUT2D eigenvalue weighted by Crippen LogP contribution is 2.34. The molecule has 9 heteroatoms. The summed E-state index contributed by atoms with van der Waals surface area (Å²) in [5, 5.41) is 7.88. The van der Waals surface area contributed by atoms with E-state index in [1.165, 1.54) is 6.07 Å². The molecule has 0 saturated carbocycles. The maximum Gasteiger partial charge on any atom is 0.265 e. The lowest BCUT2D eigenvalue weighted by Crippen LogP contribution is -2.07. The highest BCUT2D eigenvalue weighted by molar-refractivity contribution is 9.10. The Morgan fingerprint density at radius 1 is 1.33 bits per heavy atom. The molecule has 0 saturated heterocycles. The zero-order valence-electron chi connectivity index (χ0n) is 11.6. The molecule has 0 amide bonds. The summed E-state index contributed by atoms with van der Waals surface area (Å²) in [5.41, 5.74) is 0.655. The van der Waals surface area contributed by atoms with Crippen LogP contribution in [0.15, 0.2) is 21.5 Å². The van der Waals surface area contributed by atoms with Gasteiger partial charge >= 0.3 is 0 Å². The number of halogens is 2. The smallest absolute Gasteiger partial charge is 0.265 e. The van der Waals surface area contributed by atoms with E-state index in [9.17, 15) is 8.42 Å². The molecule has 21 heavy (non-hydrogen) atoms. The molecule has 0 N–H and O–H groups in total. The Morgan fingerprint density at radius 2 is 2.00 bits per heavy atom. The third-order valence-corrected chi connectivity index (χ3v) is 4.78. The maximum absolute atomic E-state index is 11.7. The largest absolute Gasteiger partial charge is 0.484 e. The number of benzene rings is 1. The Balaban J connectivity index is 2.38. The van der Waals surface area contributed by atoms with Crippen LogP contribution < -0.4 is 4.74 Å². The summed E-state index contributed by atoms with van der Waals surface area (Å²) in [6.07, 6.45) is 0. The molecule has 0 aliphatic heterocycles. The average molecular weight is 395 g/mol. The van der Waals surface area contributed by atoms with Crippen molar-refractivity contribution in [1.29, 1.82) is 0 Å². The van der Waals surface area contributed by atoms with Crippen molar-refractivity contribution in [2.45, 2.75) is 25.3 Å². The highest BCUT2D eigenvalue weighted by Gasteiger charge is 2.20. The molecule has 1 heterocycles. The molecule has 0 aliphatic rings. The molecular weight excluding hydrogens is 382 g/mol. The van der Waals surface area contributed by atoms with Crippen molar-refractivity contribution >= 4 is 35.7 Å². The van der Waals surface area contributed by atoms with Gasteiger partial charge in [0.15, 0.2) is 5.82 Å². The van der Waals surface area contributed by atoms with Crippen molar-refractivity contribution in [2.75, 3.05) is 0 Å². The van der Waals surface area contributed by atoms with Gasteiger partial charge in [0.1, 0.15) is 23.1 Å². The quantitative estimate of drug-likeness (QED) is 0.745. The van der Waals surface area contributed by atoms with E-state index in [2.05, 4.69) is 26.1 Å². The lowest BCUT2D eigenvalue weighted by atomic mass is 10.2. The van der Waals surface area contributed by atoms with E-state index in [0.29, 0.717) is 15.9 Å². The van der Waals surface area contributed by atoms with E-state index in [1.54, 1.807) is 17.6 Å². The lowest BCUT2D eigenvalue weighted by molar-refractivity contribution is 0.281. The van der Waals surface area contributed by atoms with Gasteiger partial charge in [0.2, 0.25) is 0 Å². The van der Waals surface area contributed by atoms with Gasteiger partial charge in [-0.05, 0) is 31.5 Å². The van der Waals surface area contributed by atoms with Gasteiger partial charge in [0.25, 0.3) is 9.05 Å². The predicted molar refractivity (Wildman–Crippen MR) is 82.0 cm³/mol. The minimum Gasteiger partial charge on any atom is -0.484 e. The third kappa shape index (κ3) is 3.56. The molecule has 0 radical (unpaired) electrons. The summed E-state index contributed by atoms with van der Waals surface area (Å²) < 4.78 is 31.3. The number of aryl methyl sites for hydroxylation is 2. The summed E-state index contributed by atoms with van der Waals surface area (Å²) in [7, 11) is 3.36. The molecule has 2 aromatic rings. The van der Waals surface area contributed by atoms with Crippen LogP contribution in [0.5, 0.6) is 5.75 Å². The summed E-state index contributed by atoms with van der Waals surface area (Å²) in [5.74, 6) is 1.55. The van der Waals surface area contributed by atoms with Gasteiger partial charge in [-0.15, -0.1) is 10.2 Å².